The number of epoxide rings is 2. The summed E-state index contributed by atoms with van der Waals surface area (Å²) in [6, 6.07) is 0. The summed E-state index contributed by atoms with van der Waals surface area (Å²) in [4.78, 5) is 0. The van der Waals surface area contributed by atoms with E-state index in [2.05, 4.69) is 13.8 Å². The van der Waals surface area contributed by atoms with Gasteiger partial charge >= 0.3 is 0 Å². The first-order valence-corrected chi connectivity index (χ1v) is 7.20. The standard InChI is InChI=1S/C14H26O5/c1-11(5-16-7-13-9-18-13)3-15-4-12(2)6-17-8-14-10-19-14/h11-14H,3-10H2,1-2H3. The van der Waals surface area contributed by atoms with Crippen molar-refractivity contribution in [3.05, 3.63) is 0 Å². The van der Waals surface area contributed by atoms with E-state index in [4.69, 9.17) is 23.7 Å². The van der Waals surface area contributed by atoms with Crippen molar-refractivity contribution in [2.75, 3.05) is 52.9 Å². The van der Waals surface area contributed by atoms with Crippen molar-refractivity contribution in [3.63, 3.8) is 0 Å². The van der Waals surface area contributed by atoms with Crippen molar-refractivity contribution in [1.29, 1.82) is 0 Å². The highest BCUT2D eigenvalue weighted by molar-refractivity contribution is 4.68. The Hall–Kier alpha value is -0.200. The molecule has 0 saturated carbocycles. The largest absolute Gasteiger partial charge is 0.381 e. The molecule has 112 valence electrons. The average Bonchev–Trinajstić information content (AvgIpc) is 3.24. The maximum absolute atomic E-state index is 5.68. The highest BCUT2D eigenvalue weighted by atomic mass is 16.6. The molecule has 0 spiro atoms. The van der Waals surface area contributed by atoms with E-state index in [1.165, 1.54) is 0 Å². The predicted octanol–water partition coefficient (Wildman–Crippen LogP) is 1.11. The van der Waals surface area contributed by atoms with Gasteiger partial charge in [-0.25, -0.2) is 0 Å². The van der Waals surface area contributed by atoms with Gasteiger partial charge in [0.2, 0.25) is 0 Å². The van der Waals surface area contributed by atoms with E-state index in [0.29, 0.717) is 24.0 Å². The summed E-state index contributed by atoms with van der Waals surface area (Å²) < 4.78 is 26.9. The van der Waals surface area contributed by atoms with Crippen LogP contribution in [0.25, 0.3) is 0 Å². The van der Waals surface area contributed by atoms with Crippen LogP contribution in [0.1, 0.15) is 13.8 Å². The van der Waals surface area contributed by atoms with Crippen LogP contribution in [-0.2, 0) is 23.7 Å². The summed E-state index contributed by atoms with van der Waals surface area (Å²) in [6.07, 6.45) is 0.696. The fourth-order valence-corrected chi connectivity index (χ4v) is 1.70. The van der Waals surface area contributed by atoms with Gasteiger partial charge in [-0.15, -0.1) is 0 Å². The van der Waals surface area contributed by atoms with Crippen LogP contribution in [0.5, 0.6) is 0 Å². The van der Waals surface area contributed by atoms with E-state index in [1.807, 2.05) is 0 Å². The van der Waals surface area contributed by atoms with Crippen molar-refractivity contribution >= 4 is 0 Å². The normalized spacial score (nSPS) is 28.1. The topological polar surface area (TPSA) is 52.8 Å². The van der Waals surface area contributed by atoms with Crippen molar-refractivity contribution < 1.29 is 23.7 Å². The van der Waals surface area contributed by atoms with E-state index in [9.17, 15) is 0 Å². The lowest BCUT2D eigenvalue weighted by Crippen LogP contribution is -2.19. The lowest BCUT2D eigenvalue weighted by molar-refractivity contribution is 0.0106. The SMILES string of the molecule is CC(COCC(C)COCC1CO1)COCC1CO1. The Kier molecular flexibility index (Phi) is 6.53. The van der Waals surface area contributed by atoms with Crippen LogP contribution in [0, 0.1) is 11.8 Å². The zero-order valence-electron chi connectivity index (χ0n) is 12.0. The summed E-state index contributed by atoms with van der Waals surface area (Å²) in [5, 5.41) is 0. The molecule has 2 fully saturated rings. The molecule has 0 aromatic heterocycles. The van der Waals surface area contributed by atoms with E-state index in [0.717, 1.165) is 52.9 Å². The van der Waals surface area contributed by atoms with E-state index in [-0.39, 0.29) is 0 Å². The summed E-state index contributed by atoms with van der Waals surface area (Å²) in [7, 11) is 0. The van der Waals surface area contributed by atoms with Crippen LogP contribution in [-0.4, -0.2) is 65.1 Å². The molecular weight excluding hydrogens is 248 g/mol. The molecule has 0 bridgehead atoms. The molecule has 2 aliphatic rings. The van der Waals surface area contributed by atoms with Crippen molar-refractivity contribution in [3.8, 4) is 0 Å². The second kappa shape index (κ2) is 8.17. The zero-order chi connectivity index (χ0) is 13.5. The number of ether oxygens (including phenoxy) is 5. The minimum Gasteiger partial charge on any atom is -0.381 e. The van der Waals surface area contributed by atoms with Crippen LogP contribution in [0.4, 0.5) is 0 Å². The van der Waals surface area contributed by atoms with Gasteiger partial charge in [0.05, 0.1) is 52.9 Å². The van der Waals surface area contributed by atoms with Crippen LogP contribution in [0.15, 0.2) is 0 Å². The highest BCUT2D eigenvalue weighted by Gasteiger charge is 2.23. The fraction of sp³-hybridized carbons (Fsp3) is 1.00. The molecule has 2 saturated heterocycles. The van der Waals surface area contributed by atoms with Gasteiger partial charge in [0, 0.05) is 11.8 Å². The molecular formula is C14H26O5. The lowest BCUT2D eigenvalue weighted by Gasteiger charge is -2.15. The number of hydrogen-bond acceptors (Lipinski definition) is 5. The first kappa shape index (κ1) is 15.2. The molecule has 2 heterocycles. The quantitative estimate of drug-likeness (QED) is 0.499. The molecule has 0 amide bonds. The Morgan fingerprint density at radius 2 is 1.16 bits per heavy atom. The molecule has 0 aromatic carbocycles. The second-order valence-electron chi connectivity index (χ2n) is 5.73. The molecule has 0 aromatic rings. The first-order valence-electron chi connectivity index (χ1n) is 7.20. The highest BCUT2D eigenvalue weighted by Crippen LogP contribution is 2.11. The average molecular weight is 274 g/mol. The second-order valence-corrected chi connectivity index (χ2v) is 5.73. The van der Waals surface area contributed by atoms with E-state index in [1.54, 1.807) is 0 Å². The molecule has 2 aliphatic heterocycles. The summed E-state index contributed by atoms with van der Waals surface area (Å²) in [6.45, 7) is 10.4. The molecule has 5 nitrogen and oxygen atoms in total. The fourth-order valence-electron chi connectivity index (χ4n) is 1.70. The zero-order valence-corrected chi connectivity index (χ0v) is 12.0. The molecule has 0 aliphatic carbocycles. The third-order valence-electron chi connectivity index (χ3n) is 3.02. The van der Waals surface area contributed by atoms with Gasteiger partial charge in [-0.2, -0.15) is 0 Å². The molecule has 5 heteroatoms. The van der Waals surface area contributed by atoms with Gasteiger partial charge in [0.25, 0.3) is 0 Å². The Balaban J connectivity index is 1.36. The van der Waals surface area contributed by atoms with Gasteiger partial charge < -0.3 is 23.7 Å². The minimum atomic E-state index is 0.348. The summed E-state index contributed by atoms with van der Waals surface area (Å²) in [5.41, 5.74) is 0. The third-order valence-corrected chi connectivity index (χ3v) is 3.02. The van der Waals surface area contributed by atoms with Crippen LogP contribution >= 0.6 is 0 Å². The number of hydrogen-bond donors (Lipinski definition) is 0. The maximum atomic E-state index is 5.68. The Morgan fingerprint density at radius 1 is 0.789 bits per heavy atom. The Morgan fingerprint density at radius 3 is 1.53 bits per heavy atom. The maximum Gasteiger partial charge on any atom is 0.104 e. The monoisotopic (exact) mass is 274 g/mol. The van der Waals surface area contributed by atoms with Crippen molar-refractivity contribution in [1.82, 2.24) is 0 Å². The smallest absolute Gasteiger partial charge is 0.104 e. The van der Waals surface area contributed by atoms with E-state index >= 15 is 0 Å². The van der Waals surface area contributed by atoms with Gasteiger partial charge in [-0.05, 0) is 0 Å². The van der Waals surface area contributed by atoms with Gasteiger partial charge in [0.1, 0.15) is 12.2 Å². The lowest BCUT2D eigenvalue weighted by atomic mass is 10.2. The van der Waals surface area contributed by atoms with Gasteiger partial charge in [-0.3, -0.25) is 0 Å². The molecule has 0 radical (unpaired) electrons. The third kappa shape index (κ3) is 7.84. The molecule has 4 unspecified atom stereocenters. The van der Waals surface area contributed by atoms with Crippen molar-refractivity contribution in [2.24, 2.45) is 11.8 Å². The molecule has 0 N–H and O–H groups in total. The minimum absolute atomic E-state index is 0.348. The predicted molar refractivity (Wildman–Crippen MR) is 70.3 cm³/mol. The summed E-state index contributed by atoms with van der Waals surface area (Å²) in [5.74, 6) is 0.846. The van der Waals surface area contributed by atoms with Crippen LogP contribution < -0.4 is 0 Å². The Labute approximate surface area is 115 Å². The van der Waals surface area contributed by atoms with Crippen LogP contribution in [0.2, 0.25) is 0 Å². The number of rotatable bonds is 12. The van der Waals surface area contributed by atoms with E-state index < -0.39 is 0 Å². The van der Waals surface area contributed by atoms with Crippen molar-refractivity contribution in [2.45, 2.75) is 26.1 Å². The van der Waals surface area contributed by atoms with Crippen LogP contribution in [0.3, 0.4) is 0 Å². The molecule has 19 heavy (non-hydrogen) atoms. The summed E-state index contributed by atoms with van der Waals surface area (Å²) >= 11 is 0. The van der Waals surface area contributed by atoms with Gasteiger partial charge in [0.15, 0.2) is 0 Å². The first-order chi connectivity index (χ1) is 9.24. The Bertz CT molecular complexity index is 216. The van der Waals surface area contributed by atoms with Gasteiger partial charge in [-0.1, -0.05) is 13.8 Å². The molecule has 2 rings (SSSR count). The molecule has 4 atom stereocenters.